The Morgan fingerprint density at radius 3 is 2.59 bits per heavy atom. The zero-order chi connectivity index (χ0) is 38.2. The number of aliphatic hydroxyl groups is 1. The lowest BCUT2D eigenvalue weighted by Gasteiger charge is -2.28. The summed E-state index contributed by atoms with van der Waals surface area (Å²) in [6, 6.07) is 19.0. The molecule has 54 heavy (non-hydrogen) atoms. The third-order valence-corrected chi connectivity index (χ3v) is 10.7. The van der Waals surface area contributed by atoms with Crippen LogP contribution in [0.5, 0.6) is 17.2 Å². The van der Waals surface area contributed by atoms with Gasteiger partial charge in [0, 0.05) is 61.3 Å². The van der Waals surface area contributed by atoms with Gasteiger partial charge in [-0.2, -0.15) is 5.26 Å². The molecule has 2 aliphatic rings. The van der Waals surface area contributed by atoms with Crippen molar-refractivity contribution in [2.75, 3.05) is 32.8 Å². The Hall–Kier alpha value is -4.44. The number of alkyl halides is 1. The molecule has 0 spiro atoms. The van der Waals surface area contributed by atoms with E-state index in [9.17, 15) is 24.7 Å². The number of aromatic nitrogens is 1. The van der Waals surface area contributed by atoms with Crippen molar-refractivity contribution in [3.63, 3.8) is 0 Å². The maximum absolute atomic E-state index is 13.5. The number of ether oxygens (including phenoxy) is 3. The van der Waals surface area contributed by atoms with Crippen LogP contribution >= 0.6 is 23.2 Å². The molecule has 0 unspecified atom stereocenters. The van der Waals surface area contributed by atoms with Crippen molar-refractivity contribution in [3.8, 4) is 34.4 Å². The summed E-state index contributed by atoms with van der Waals surface area (Å²) in [6.07, 6.45) is 5.49. The molecule has 1 aromatic heterocycles. The summed E-state index contributed by atoms with van der Waals surface area (Å²) in [5.74, 6) is 0.176. The summed E-state index contributed by atoms with van der Waals surface area (Å²) < 4.78 is 32.4. The van der Waals surface area contributed by atoms with E-state index < -0.39 is 24.3 Å². The van der Waals surface area contributed by atoms with E-state index in [1.54, 1.807) is 24.4 Å². The van der Waals surface area contributed by atoms with E-state index >= 15 is 0 Å². The SMILES string of the molecule is C[C@@](CO)(NCc1cc(Cl)c(O[C@H]2CCc3c(-c4cccc(OCCCN5CCC(F)CC5)c4Cl)cccc32)cc1OCc1cncc(C#N)c1)C(=O)O. The number of benzene rings is 3. The van der Waals surface area contributed by atoms with Crippen LogP contribution in [0.25, 0.3) is 11.1 Å². The van der Waals surface area contributed by atoms with E-state index in [-0.39, 0.29) is 19.3 Å². The van der Waals surface area contributed by atoms with Gasteiger partial charge in [0.1, 0.15) is 47.7 Å². The number of nitriles is 1. The first-order valence-corrected chi connectivity index (χ1v) is 18.8. The summed E-state index contributed by atoms with van der Waals surface area (Å²) >= 11 is 13.8. The van der Waals surface area contributed by atoms with Gasteiger partial charge in [-0.3, -0.25) is 15.1 Å². The molecule has 1 aliphatic heterocycles. The highest BCUT2D eigenvalue weighted by Gasteiger charge is 2.33. The highest BCUT2D eigenvalue weighted by molar-refractivity contribution is 6.35. The first-order chi connectivity index (χ1) is 26.1. The molecule has 0 bridgehead atoms. The third kappa shape index (κ3) is 9.25. The minimum absolute atomic E-state index is 0.0215. The van der Waals surface area contributed by atoms with Gasteiger partial charge in [0.05, 0.1) is 28.8 Å². The number of carboxylic acid groups (broad SMARTS) is 1. The molecule has 13 heteroatoms. The number of fused-ring (bicyclic) bond motifs is 1. The number of hydrogen-bond donors (Lipinski definition) is 3. The highest BCUT2D eigenvalue weighted by Crippen LogP contribution is 2.45. The van der Waals surface area contributed by atoms with E-state index in [4.69, 9.17) is 37.4 Å². The molecule has 3 N–H and O–H groups in total. The van der Waals surface area contributed by atoms with Crippen molar-refractivity contribution in [1.29, 1.82) is 5.26 Å². The van der Waals surface area contributed by atoms with Crippen LogP contribution in [0.3, 0.4) is 0 Å². The molecule has 6 rings (SSSR count). The third-order valence-electron chi connectivity index (χ3n) is 10.0. The lowest BCUT2D eigenvalue weighted by molar-refractivity contribution is -0.145. The van der Waals surface area contributed by atoms with Crippen molar-refractivity contribution >= 4 is 29.2 Å². The van der Waals surface area contributed by atoms with E-state index in [1.165, 1.54) is 13.1 Å². The Labute approximate surface area is 324 Å². The fourth-order valence-electron chi connectivity index (χ4n) is 6.79. The zero-order valence-electron chi connectivity index (χ0n) is 30.0. The molecule has 0 saturated carbocycles. The summed E-state index contributed by atoms with van der Waals surface area (Å²) in [5.41, 5.74) is 4.00. The quantitative estimate of drug-likeness (QED) is 0.0972. The first kappa shape index (κ1) is 39.3. The Morgan fingerprint density at radius 2 is 1.83 bits per heavy atom. The van der Waals surface area contributed by atoms with Crippen molar-refractivity contribution in [3.05, 3.63) is 105 Å². The van der Waals surface area contributed by atoms with Gasteiger partial charge in [-0.05, 0) is 73.9 Å². The lowest BCUT2D eigenvalue weighted by Crippen LogP contribution is -2.52. The monoisotopic (exact) mass is 776 g/mol. The van der Waals surface area contributed by atoms with Gasteiger partial charge in [-0.25, -0.2) is 4.39 Å². The van der Waals surface area contributed by atoms with Crippen molar-refractivity contribution < 1.29 is 33.6 Å². The molecule has 4 aromatic rings. The number of hydrogen-bond acceptors (Lipinski definition) is 9. The van der Waals surface area contributed by atoms with Crippen LogP contribution in [0.4, 0.5) is 4.39 Å². The second-order valence-corrected chi connectivity index (χ2v) is 14.7. The number of piperidine rings is 1. The predicted octanol–water partition coefficient (Wildman–Crippen LogP) is 7.70. The fraction of sp³-hybridized carbons (Fsp3) is 0.390. The molecule has 284 valence electrons. The second kappa shape index (κ2) is 17.8. The summed E-state index contributed by atoms with van der Waals surface area (Å²) in [5, 5.41) is 32.5. The fourth-order valence-corrected chi connectivity index (χ4v) is 7.30. The first-order valence-electron chi connectivity index (χ1n) is 18.0. The summed E-state index contributed by atoms with van der Waals surface area (Å²) in [7, 11) is 0. The second-order valence-electron chi connectivity index (χ2n) is 13.9. The molecule has 0 radical (unpaired) electrons. The Kier molecular flexibility index (Phi) is 12.9. The number of carboxylic acids is 1. The number of nitrogens with zero attached hydrogens (tertiary/aromatic N) is 3. The maximum Gasteiger partial charge on any atom is 0.326 e. The molecule has 2 heterocycles. The van der Waals surface area contributed by atoms with E-state index in [0.717, 1.165) is 54.7 Å². The van der Waals surface area contributed by atoms with Crippen molar-refractivity contribution in [2.24, 2.45) is 0 Å². The van der Waals surface area contributed by atoms with Gasteiger partial charge in [-0.15, -0.1) is 0 Å². The van der Waals surface area contributed by atoms with E-state index in [0.29, 0.717) is 69.9 Å². The van der Waals surface area contributed by atoms with Crippen LogP contribution in [0.1, 0.15) is 66.5 Å². The molecule has 2 atom stereocenters. The smallest absolute Gasteiger partial charge is 0.326 e. The molecular weight excluding hydrogens is 734 g/mol. The Bertz CT molecular complexity index is 2000. The largest absolute Gasteiger partial charge is 0.492 e. The van der Waals surface area contributed by atoms with Crippen LogP contribution in [0.15, 0.2) is 67.0 Å². The Morgan fingerprint density at radius 1 is 1.06 bits per heavy atom. The van der Waals surface area contributed by atoms with Crippen molar-refractivity contribution in [1.82, 2.24) is 15.2 Å². The van der Waals surface area contributed by atoms with Crippen LogP contribution < -0.4 is 19.5 Å². The van der Waals surface area contributed by atoms with Crippen molar-refractivity contribution in [2.45, 2.75) is 70.0 Å². The number of carbonyl (C=O) groups is 1. The van der Waals surface area contributed by atoms with Gasteiger partial charge in [-0.1, -0.05) is 53.5 Å². The zero-order valence-corrected chi connectivity index (χ0v) is 31.5. The minimum Gasteiger partial charge on any atom is -0.492 e. The molecular formula is C41H43Cl2FN4O6. The number of rotatable bonds is 16. The summed E-state index contributed by atoms with van der Waals surface area (Å²) in [6.45, 7) is 3.78. The van der Waals surface area contributed by atoms with Gasteiger partial charge in [0.15, 0.2) is 0 Å². The van der Waals surface area contributed by atoms with Crippen LogP contribution in [0, 0.1) is 11.3 Å². The topological polar surface area (TPSA) is 137 Å². The molecule has 3 aromatic carbocycles. The number of pyridine rings is 1. The van der Waals surface area contributed by atoms with Gasteiger partial charge < -0.3 is 29.3 Å². The average Bonchev–Trinajstić information content (AvgIpc) is 3.60. The predicted molar refractivity (Wildman–Crippen MR) is 204 cm³/mol. The van der Waals surface area contributed by atoms with Gasteiger partial charge in [0.25, 0.3) is 0 Å². The molecule has 0 amide bonds. The number of likely N-dealkylation sites (tertiary alicyclic amines) is 1. The van der Waals surface area contributed by atoms with Crippen LogP contribution in [0.2, 0.25) is 10.0 Å². The van der Waals surface area contributed by atoms with Gasteiger partial charge in [0.2, 0.25) is 0 Å². The molecule has 1 aliphatic carbocycles. The Balaban J connectivity index is 1.19. The van der Waals surface area contributed by atoms with Gasteiger partial charge >= 0.3 is 5.97 Å². The minimum atomic E-state index is -1.60. The average molecular weight is 778 g/mol. The number of nitrogens with one attached hydrogen (secondary N) is 1. The lowest BCUT2D eigenvalue weighted by atomic mass is 9.96. The van der Waals surface area contributed by atoms with E-state index in [2.05, 4.69) is 27.3 Å². The van der Waals surface area contributed by atoms with E-state index in [1.807, 2.05) is 30.3 Å². The number of halogens is 3. The molecule has 10 nitrogen and oxygen atoms in total. The highest BCUT2D eigenvalue weighted by atomic mass is 35.5. The number of aliphatic carboxylic acids is 1. The molecule has 1 saturated heterocycles. The van der Waals surface area contributed by atoms with Crippen LogP contribution in [-0.2, 0) is 24.4 Å². The standard InChI is InChI=1S/C41H43Cl2FN4O6/c1-41(25-49,40(50)51)47-23-28-18-34(42)38(19-37(28)53-24-27-17-26(20-45)21-46-22-27)54-35-10-9-31-30(5-2-6-32(31)35)33-7-3-8-36(39(33)43)52-16-4-13-48-14-11-29(44)12-15-48/h2-3,5-8,17-19,21-22,29,35,47,49H,4,9-16,23-25H2,1H3,(H,50,51)/t35-,41-/m0/s1. The molecule has 1 fully saturated rings. The number of aliphatic hydroxyl groups excluding tert-OH is 1. The maximum atomic E-state index is 13.5. The normalized spacial score (nSPS) is 17.0. The van der Waals surface area contributed by atoms with Crippen LogP contribution in [-0.4, -0.2) is 70.6 Å². The summed E-state index contributed by atoms with van der Waals surface area (Å²) in [4.78, 5) is 18.2.